The van der Waals surface area contributed by atoms with Crippen LogP contribution in [0.2, 0.25) is 0 Å². The van der Waals surface area contributed by atoms with Gasteiger partial charge in [0.15, 0.2) is 0 Å². The Morgan fingerprint density at radius 1 is 1.14 bits per heavy atom. The molecule has 0 saturated heterocycles. The van der Waals surface area contributed by atoms with E-state index in [2.05, 4.69) is 6.92 Å². The Balaban J connectivity index is 1.52. The number of fused-ring (bicyclic) bond motifs is 5. The summed E-state index contributed by atoms with van der Waals surface area (Å²) in [7, 11) is 0. The summed E-state index contributed by atoms with van der Waals surface area (Å²) in [4.78, 5) is 24.1. The summed E-state index contributed by atoms with van der Waals surface area (Å²) in [5.41, 5.74) is -1.28. The summed E-state index contributed by atoms with van der Waals surface area (Å²) >= 11 is 0. The van der Waals surface area contributed by atoms with E-state index in [0.717, 1.165) is 31.1 Å². The van der Waals surface area contributed by atoms with Crippen LogP contribution in [-0.2, 0) is 14.3 Å². The first-order valence-electron chi connectivity index (χ1n) is 11.2. The second-order valence-corrected chi connectivity index (χ2v) is 10.6. The van der Waals surface area contributed by atoms with E-state index in [4.69, 9.17) is 4.74 Å². The fourth-order valence-electron chi connectivity index (χ4n) is 8.39. The molecule has 1 heterocycles. The Morgan fingerprint density at radius 3 is 2.62 bits per heavy atom. The SMILES string of the molecule is C[C@]12CC[C@@H]3[C@@H](CC[C@@H]4C[C@@H](O)CC[C@@]43C=O)[C@]1(O)C[C@H](O)[C@@H]2C1=CC(=O)OC1. The Bertz CT molecular complexity index is 762. The molecule has 6 nitrogen and oxygen atoms in total. The molecule has 4 fully saturated rings. The molecule has 1 aliphatic heterocycles. The lowest BCUT2D eigenvalue weighted by atomic mass is 9.43. The van der Waals surface area contributed by atoms with E-state index in [9.17, 15) is 24.9 Å². The van der Waals surface area contributed by atoms with Crippen molar-refractivity contribution in [2.45, 2.75) is 76.1 Å². The number of cyclic esters (lactones) is 1. The summed E-state index contributed by atoms with van der Waals surface area (Å²) in [6.45, 7) is 2.25. The standard InChI is InChI=1S/C23H32O6/c1-21-6-5-16-17(3-2-14-9-15(25)4-7-22(14,16)12-24)23(21,28)10-18(26)20(21)13-8-19(27)29-11-13/h8,12,14-18,20,25-26,28H,2-7,9-11H2,1H3/t14-,15+,16-,17-,18+,20+,21-,22-,23-/m1/s1. The molecule has 9 atom stereocenters. The fourth-order valence-corrected chi connectivity index (χ4v) is 8.39. The fraction of sp³-hybridized carbons (Fsp3) is 0.826. The van der Waals surface area contributed by atoms with Gasteiger partial charge in [0.1, 0.15) is 12.9 Å². The third-order valence-electron chi connectivity index (χ3n) is 9.70. The second kappa shape index (κ2) is 6.38. The predicted molar refractivity (Wildman–Crippen MR) is 104 cm³/mol. The molecule has 6 heteroatoms. The maximum Gasteiger partial charge on any atom is 0.331 e. The molecule has 5 aliphatic rings. The summed E-state index contributed by atoms with van der Waals surface area (Å²) in [5, 5.41) is 33.3. The van der Waals surface area contributed by atoms with Gasteiger partial charge in [-0.2, -0.15) is 0 Å². The highest BCUT2D eigenvalue weighted by Crippen LogP contribution is 2.69. The zero-order valence-corrected chi connectivity index (χ0v) is 17.0. The first kappa shape index (κ1) is 19.7. The van der Waals surface area contributed by atoms with Crippen LogP contribution in [0.3, 0.4) is 0 Å². The van der Waals surface area contributed by atoms with Gasteiger partial charge in [-0.25, -0.2) is 4.79 Å². The number of carbonyl (C=O) groups is 2. The highest BCUT2D eigenvalue weighted by molar-refractivity contribution is 5.85. The van der Waals surface area contributed by atoms with E-state index in [1.807, 2.05) is 0 Å². The average molecular weight is 405 g/mol. The molecule has 29 heavy (non-hydrogen) atoms. The largest absolute Gasteiger partial charge is 0.458 e. The molecule has 0 spiro atoms. The van der Waals surface area contributed by atoms with Crippen molar-refractivity contribution in [1.82, 2.24) is 0 Å². The van der Waals surface area contributed by atoms with Crippen molar-refractivity contribution in [2.24, 2.45) is 34.5 Å². The minimum atomic E-state index is -1.07. The van der Waals surface area contributed by atoms with Crippen molar-refractivity contribution >= 4 is 12.3 Å². The molecule has 0 aromatic rings. The van der Waals surface area contributed by atoms with E-state index >= 15 is 0 Å². The van der Waals surface area contributed by atoms with Crippen molar-refractivity contribution in [3.63, 3.8) is 0 Å². The van der Waals surface area contributed by atoms with Crippen LogP contribution in [0.5, 0.6) is 0 Å². The Kier molecular flexibility index (Phi) is 4.34. The average Bonchev–Trinajstić information content (AvgIpc) is 3.18. The van der Waals surface area contributed by atoms with Gasteiger partial charge in [0, 0.05) is 29.2 Å². The van der Waals surface area contributed by atoms with E-state index in [1.165, 1.54) is 6.08 Å². The number of rotatable bonds is 2. The molecular weight excluding hydrogens is 372 g/mol. The summed E-state index contributed by atoms with van der Waals surface area (Å²) in [6, 6.07) is 0. The van der Waals surface area contributed by atoms with Gasteiger partial charge in [-0.3, -0.25) is 0 Å². The number of carbonyl (C=O) groups excluding carboxylic acids is 2. The van der Waals surface area contributed by atoms with Gasteiger partial charge in [-0.05, 0) is 68.3 Å². The maximum atomic E-state index is 12.5. The molecule has 0 unspecified atom stereocenters. The lowest BCUT2D eigenvalue weighted by Crippen LogP contribution is -2.63. The summed E-state index contributed by atoms with van der Waals surface area (Å²) in [6.07, 6.45) is 7.07. The van der Waals surface area contributed by atoms with Crippen LogP contribution < -0.4 is 0 Å². The van der Waals surface area contributed by atoms with Crippen molar-refractivity contribution in [3.05, 3.63) is 11.6 Å². The minimum Gasteiger partial charge on any atom is -0.458 e. The normalized spacial score (nSPS) is 54.1. The van der Waals surface area contributed by atoms with Gasteiger partial charge in [0.2, 0.25) is 0 Å². The molecule has 160 valence electrons. The molecule has 3 N–H and O–H groups in total. The number of aliphatic hydroxyl groups is 3. The van der Waals surface area contributed by atoms with Crippen LogP contribution in [0.15, 0.2) is 11.6 Å². The van der Waals surface area contributed by atoms with Crippen LogP contribution in [0.25, 0.3) is 0 Å². The Labute approximate surface area is 171 Å². The maximum absolute atomic E-state index is 12.5. The van der Waals surface area contributed by atoms with Crippen molar-refractivity contribution in [1.29, 1.82) is 0 Å². The minimum absolute atomic E-state index is 0.0452. The summed E-state index contributed by atoms with van der Waals surface area (Å²) < 4.78 is 5.11. The van der Waals surface area contributed by atoms with E-state index < -0.39 is 22.5 Å². The Hall–Kier alpha value is -1.24. The van der Waals surface area contributed by atoms with E-state index in [-0.39, 0.29) is 48.8 Å². The molecule has 4 saturated carbocycles. The monoisotopic (exact) mass is 404 g/mol. The van der Waals surface area contributed by atoms with Gasteiger partial charge in [-0.1, -0.05) is 6.92 Å². The van der Waals surface area contributed by atoms with Crippen molar-refractivity contribution in [2.75, 3.05) is 6.61 Å². The molecule has 0 aromatic heterocycles. The lowest BCUT2D eigenvalue weighted by molar-refractivity contribution is -0.207. The topological polar surface area (TPSA) is 104 Å². The number of aldehydes is 1. The van der Waals surface area contributed by atoms with Gasteiger partial charge in [-0.15, -0.1) is 0 Å². The third kappa shape index (κ3) is 2.45. The van der Waals surface area contributed by atoms with Gasteiger partial charge in [0.25, 0.3) is 0 Å². The molecule has 4 aliphatic carbocycles. The van der Waals surface area contributed by atoms with Crippen molar-refractivity contribution in [3.8, 4) is 0 Å². The highest BCUT2D eigenvalue weighted by atomic mass is 16.5. The molecule has 0 radical (unpaired) electrons. The number of hydrogen-bond acceptors (Lipinski definition) is 6. The second-order valence-electron chi connectivity index (χ2n) is 10.6. The number of aliphatic hydroxyl groups excluding tert-OH is 2. The van der Waals surface area contributed by atoms with Crippen LogP contribution in [0, 0.1) is 34.5 Å². The lowest BCUT2D eigenvalue weighted by Gasteiger charge is -2.62. The van der Waals surface area contributed by atoms with Crippen LogP contribution >= 0.6 is 0 Å². The van der Waals surface area contributed by atoms with E-state index in [1.54, 1.807) is 0 Å². The smallest absolute Gasteiger partial charge is 0.331 e. The van der Waals surface area contributed by atoms with Crippen LogP contribution in [0.4, 0.5) is 0 Å². The number of esters is 1. The quantitative estimate of drug-likeness (QED) is 0.479. The predicted octanol–water partition coefficient (Wildman–Crippen LogP) is 1.75. The Morgan fingerprint density at radius 2 is 1.93 bits per heavy atom. The van der Waals surface area contributed by atoms with Gasteiger partial charge < -0.3 is 24.9 Å². The van der Waals surface area contributed by atoms with Gasteiger partial charge in [0.05, 0.1) is 17.8 Å². The first-order chi connectivity index (χ1) is 13.7. The number of ether oxygens (including phenoxy) is 1. The summed E-state index contributed by atoms with van der Waals surface area (Å²) in [5.74, 6) is -0.440. The molecule has 0 amide bonds. The zero-order chi connectivity index (χ0) is 20.6. The number of hydrogen-bond donors (Lipinski definition) is 3. The first-order valence-corrected chi connectivity index (χ1v) is 11.2. The molecule has 0 aromatic carbocycles. The van der Waals surface area contributed by atoms with Gasteiger partial charge >= 0.3 is 5.97 Å². The van der Waals surface area contributed by atoms with Crippen LogP contribution in [0.1, 0.15) is 58.3 Å². The molecular formula is C23H32O6. The molecule has 0 bridgehead atoms. The van der Waals surface area contributed by atoms with Crippen molar-refractivity contribution < 1.29 is 29.6 Å². The molecule has 5 rings (SSSR count). The third-order valence-corrected chi connectivity index (χ3v) is 9.70. The zero-order valence-electron chi connectivity index (χ0n) is 17.0. The van der Waals surface area contributed by atoms with Crippen LogP contribution in [-0.4, -0.2) is 52.0 Å². The highest BCUT2D eigenvalue weighted by Gasteiger charge is 2.70. The van der Waals surface area contributed by atoms with E-state index in [0.29, 0.717) is 25.7 Å².